The predicted octanol–water partition coefficient (Wildman–Crippen LogP) is 2.15. The van der Waals surface area contributed by atoms with E-state index in [0.717, 1.165) is 24.0 Å². The van der Waals surface area contributed by atoms with Crippen LogP contribution < -0.4 is 16.1 Å². The van der Waals surface area contributed by atoms with Crippen LogP contribution in [0.2, 0.25) is 0 Å². The minimum absolute atomic E-state index is 0.156. The first kappa shape index (κ1) is 21.7. The van der Waals surface area contributed by atoms with Crippen LogP contribution >= 0.6 is 0 Å². The van der Waals surface area contributed by atoms with Crippen molar-refractivity contribution in [2.45, 2.75) is 57.6 Å². The fraction of sp³-hybridized carbons (Fsp3) is 0.524. The van der Waals surface area contributed by atoms with E-state index in [1.165, 1.54) is 19.2 Å². The smallest absolute Gasteiger partial charge is 0.428 e. The molecule has 3 amide bonds. The summed E-state index contributed by atoms with van der Waals surface area (Å²) in [6, 6.07) is 4.31. The van der Waals surface area contributed by atoms with Gasteiger partial charge in [-0.15, -0.1) is 0 Å². The number of benzene rings is 1. The molecule has 8 nitrogen and oxygen atoms in total. The van der Waals surface area contributed by atoms with Gasteiger partial charge in [-0.1, -0.05) is 0 Å². The van der Waals surface area contributed by atoms with Crippen LogP contribution in [0.15, 0.2) is 23.3 Å². The van der Waals surface area contributed by atoms with Crippen LogP contribution in [0, 0.1) is 18.7 Å². The minimum atomic E-state index is -0.851. The lowest BCUT2D eigenvalue weighted by atomic mass is 9.72. The van der Waals surface area contributed by atoms with Gasteiger partial charge in [0.05, 0.1) is 0 Å². The molecular formula is C21H27FN4O4. The zero-order valence-corrected chi connectivity index (χ0v) is 17.4. The first-order chi connectivity index (χ1) is 14.2. The zero-order chi connectivity index (χ0) is 21.9. The Labute approximate surface area is 174 Å². The van der Waals surface area contributed by atoms with Gasteiger partial charge in [-0.2, -0.15) is 5.10 Å². The van der Waals surface area contributed by atoms with Crippen LogP contribution in [0.3, 0.4) is 0 Å². The number of hydrogen-bond donors (Lipinski definition) is 3. The number of nitrogens with one attached hydrogen (secondary N) is 3. The highest BCUT2D eigenvalue weighted by Crippen LogP contribution is 2.41. The lowest BCUT2D eigenvalue weighted by Crippen LogP contribution is -2.52. The van der Waals surface area contributed by atoms with Crippen molar-refractivity contribution in [2.24, 2.45) is 11.0 Å². The number of carbonyl (C=O) groups excluding carboxylic acids is 3. The normalized spacial score (nSPS) is 24.3. The highest BCUT2D eigenvalue weighted by Gasteiger charge is 2.46. The van der Waals surface area contributed by atoms with Gasteiger partial charge in [0, 0.05) is 18.7 Å². The third kappa shape index (κ3) is 4.60. The first-order valence-corrected chi connectivity index (χ1v) is 10.1. The van der Waals surface area contributed by atoms with Gasteiger partial charge in [0.25, 0.3) is 0 Å². The van der Waals surface area contributed by atoms with Crippen molar-refractivity contribution < 1.29 is 23.5 Å². The summed E-state index contributed by atoms with van der Waals surface area (Å²) in [5, 5.41) is 9.27. The Morgan fingerprint density at radius 1 is 1.33 bits per heavy atom. The molecule has 1 aliphatic heterocycles. The first-order valence-electron chi connectivity index (χ1n) is 10.1. The fourth-order valence-electron chi connectivity index (χ4n) is 4.33. The lowest BCUT2D eigenvalue weighted by molar-refractivity contribution is -0.139. The number of amides is 3. The van der Waals surface area contributed by atoms with Crippen molar-refractivity contribution in [3.05, 3.63) is 35.1 Å². The molecule has 0 unspecified atom stereocenters. The number of nitrogens with zero attached hydrogens (tertiary/aromatic N) is 1. The van der Waals surface area contributed by atoms with Crippen molar-refractivity contribution in [3.8, 4) is 0 Å². The van der Waals surface area contributed by atoms with E-state index in [0.29, 0.717) is 30.9 Å². The van der Waals surface area contributed by atoms with Crippen LogP contribution in [0.1, 0.15) is 50.2 Å². The quantitative estimate of drug-likeness (QED) is 0.651. The summed E-state index contributed by atoms with van der Waals surface area (Å²) in [6.45, 7) is 3.66. The van der Waals surface area contributed by atoms with Crippen molar-refractivity contribution in [1.29, 1.82) is 0 Å². The largest absolute Gasteiger partial charge is 0.435 e. The van der Waals surface area contributed by atoms with Gasteiger partial charge in [0.1, 0.15) is 11.5 Å². The Morgan fingerprint density at radius 2 is 2.03 bits per heavy atom. The molecule has 162 valence electrons. The van der Waals surface area contributed by atoms with Crippen molar-refractivity contribution in [3.63, 3.8) is 0 Å². The van der Waals surface area contributed by atoms with Gasteiger partial charge >= 0.3 is 17.9 Å². The summed E-state index contributed by atoms with van der Waals surface area (Å²) in [5.74, 6) is -1.34. The van der Waals surface area contributed by atoms with Crippen molar-refractivity contribution in [2.75, 3.05) is 7.05 Å². The van der Waals surface area contributed by atoms with E-state index >= 15 is 0 Å². The SMILES string of the molecule is CNC(=O)C(=O)N[C@@H](C)CC1CCC2(CC1)OC(=O)NN=C2c1ccc(F)cc1C. The second-order valence-corrected chi connectivity index (χ2v) is 8.05. The molecular weight excluding hydrogens is 391 g/mol. The van der Waals surface area contributed by atoms with Gasteiger partial charge in [-0.3, -0.25) is 9.59 Å². The highest BCUT2D eigenvalue weighted by molar-refractivity contribution is 6.35. The predicted molar refractivity (Wildman–Crippen MR) is 108 cm³/mol. The Morgan fingerprint density at radius 3 is 2.67 bits per heavy atom. The number of aryl methyl sites for hydroxylation is 1. The third-order valence-corrected chi connectivity index (χ3v) is 5.83. The van der Waals surface area contributed by atoms with E-state index in [-0.39, 0.29) is 11.9 Å². The van der Waals surface area contributed by atoms with E-state index in [1.807, 2.05) is 6.92 Å². The molecule has 1 aromatic rings. The maximum Gasteiger partial charge on any atom is 0.428 e. The van der Waals surface area contributed by atoms with Crippen LogP contribution in [0.25, 0.3) is 0 Å². The van der Waals surface area contributed by atoms with Gasteiger partial charge in [0.15, 0.2) is 5.60 Å². The van der Waals surface area contributed by atoms with Crippen molar-refractivity contribution >= 4 is 23.6 Å². The summed E-state index contributed by atoms with van der Waals surface area (Å²) in [5.41, 5.74) is 3.61. The molecule has 0 radical (unpaired) electrons. The topological polar surface area (TPSA) is 109 Å². The molecule has 1 aliphatic carbocycles. The van der Waals surface area contributed by atoms with E-state index < -0.39 is 23.5 Å². The molecule has 3 N–H and O–H groups in total. The molecule has 1 fully saturated rings. The maximum absolute atomic E-state index is 13.6. The number of carbonyl (C=O) groups is 3. The van der Waals surface area contributed by atoms with Crippen LogP contribution in [0.4, 0.5) is 9.18 Å². The number of likely N-dealkylation sites (N-methyl/N-ethyl adjacent to an activating group) is 1. The molecule has 0 bridgehead atoms. The maximum atomic E-state index is 13.6. The molecule has 1 spiro atoms. The Balaban J connectivity index is 1.69. The standard InChI is InChI=1S/C21H27FN4O4/c1-12-10-15(22)4-5-16(12)17-21(30-20(29)26-25-17)8-6-14(7-9-21)11-13(2)24-19(28)18(27)23-3/h4-5,10,13-14H,6-9,11H2,1-3H3,(H,23,27)(H,24,28)(H,26,29)/t13-,14?,21?/m0/s1. The van der Waals surface area contributed by atoms with E-state index in [2.05, 4.69) is 21.2 Å². The number of hydrogen-bond acceptors (Lipinski definition) is 5. The molecule has 2 aliphatic rings. The number of ether oxygens (including phenoxy) is 1. The molecule has 3 rings (SSSR count). The van der Waals surface area contributed by atoms with E-state index in [1.54, 1.807) is 13.0 Å². The average molecular weight is 418 g/mol. The molecule has 9 heteroatoms. The molecule has 0 saturated heterocycles. The molecule has 0 aromatic heterocycles. The van der Waals surface area contributed by atoms with Gasteiger partial charge < -0.3 is 15.4 Å². The van der Waals surface area contributed by atoms with Gasteiger partial charge in [-0.25, -0.2) is 14.6 Å². The van der Waals surface area contributed by atoms with Crippen LogP contribution in [-0.4, -0.2) is 42.3 Å². The molecule has 1 saturated carbocycles. The minimum Gasteiger partial charge on any atom is -0.435 e. The van der Waals surface area contributed by atoms with Crippen LogP contribution in [-0.2, 0) is 14.3 Å². The lowest BCUT2D eigenvalue weighted by Gasteiger charge is -2.42. The summed E-state index contributed by atoms with van der Waals surface area (Å²) in [6.07, 6.45) is 2.82. The van der Waals surface area contributed by atoms with Gasteiger partial charge in [0.2, 0.25) is 0 Å². The Hall–Kier alpha value is -2.97. The molecule has 30 heavy (non-hydrogen) atoms. The van der Waals surface area contributed by atoms with Gasteiger partial charge in [-0.05, 0) is 75.6 Å². The number of hydrazone groups is 1. The zero-order valence-electron chi connectivity index (χ0n) is 17.4. The van der Waals surface area contributed by atoms with Crippen molar-refractivity contribution in [1.82, 2.24) is 16.1 Å². The summed E-state index contributed by atoms with van der Waals surface area (Å²) in [7, 11) is 1.41. The molecule has 1 heterocycles. The Kier molecular flexibility index (Phi) is 6.38. The monoisotopic (exact) mass is 418 g/mol. The van der Waals surface area contributed by atoms with Crippen LogP contribution in [0.5, 0.6) is 0 Å². The second kappa shape index (κ2) is 8.81. The fourth-order valence-corrected chi connectivity index (χ4v) is 4.33. The highest BCUT2D eigenvalue weighted by atomic mass is 19.1. The van der Waals surface area contributed by atoms with E-state index in [9.17, 15) is 18.8 Å². The molecule has 1 aromatic carbocycles. The Bertz CT molecular complexity index is 878. The summed E-state index contributed by atoms with van der Waals surface area (Å²) < 4.78 is 19.3. The average Bonchev–Trinajstić information content (AvgIpc) is 2.70. The number of halogens is 1. The summed E-state index contributed by atoms with van der Waals surface area (Å²) >= 11 is 0. The second-order valence-electron chi connectivity index (χ2n) is 8.05. The molecule has 1 atom stereocenters. The van der Waals surface area contributed by atoms with E-state index in [4.69, 9.17) is 4.74 Å². The number of rotatable bonds is 4. The summed E-state index contributed by atoms with van der Waals surface area (Å²) in [4.78, 5) is 35.0. The third-order valence-electron chi connectivity index (χ3n) is 5.83.